The summed E-state index contributed by atoms with van der Waals surface area (Å²) in [5.41, 5.74) is 2.17. The molecule has 142 valence electrons. The predicted molar refractivity (Wildman–Crippen MR) is 104 cm³/mol. The van der Waals surface area contributed by atoms with Crippen LogP contribution < -0.4 is 10.1 Å². The molecule has 1 amide bonds. The van der Waals surface area contributed by atoms with Crippen LogP contribution in [0.5, 0.6) is 5.88 Å². The first-order valence-electron chi connectivity index (χ1n) is 9.76. The highest BCUT2D eigenvalue weighted by Crippen LogP contribution is 2.36. The fraction of sp³-hybridized carbons (Fsp3) is 0.476. The number of anilines is 1. The standard InChI is InChI=1S/C21H26N4O2/c1-27-19-9-12-22-21(24-19)23-18-10-13-25(14-11-18)20(26)17-7-5-16(6-8-17)15-3-2-4-15/h5-9,12,15,18H,2-4,10-11,13-14H2,1H3,(H,22,23,24). The molecular formula is C21H26N4O2. The van der Waals surface area contributed by atoms with Gasteiger partial charge in [0.05, 0.1) is 7.11 Å². The normalized spacial score (nSPS) is 18.0. The summed E-state index contributed by atoms with van der Waals surface area (Å²) in [6.45, 7) is 1.48. The van der Waals surface area contributed by atoms with Gasteiger partial charge in [0.1, 0.15) is 0 Å². The van der Waals surface area contributed by atoms with Gasteiger partial charge >= 0.3 is 0 Å². The van der Waals surface area contributed by atoms with Crippen molar-refractivity contribution in [3.05, 3.63) is 47.7 Å². The zero-order valence-electron chi connectivity index (χ0n) is 15.7. The first kappa shape index (κ1) is 17.8. The van der Waals surface area contributed by atoms with E-state index >= 15 is 0 Å². The van der Waals surface area contributed by atoms with Crippen LogP contribution in [0.25, 0.3) is 0 Å². The molecule has 0 spiro atoms. The van der Waals surface area contributed by atoms with Crippen molar-refractivity contribution in [2.75, 3.05) is 25.5 Å². The van der Waals surface area contributed by atoms with Crippen molar-refractivity contribution in [3.8, 4) is 5.88 Å². The molecule has 6 nitrogen and oxygen atoms in total. The molecule has 2 heterocycles. The average molecular weight is 366 g/mol. The van der Waals surface area contributed by atoms with Crippen molar-refractivity contribution in [1.82, 2.24) is 14.9 Å². The van der Waals surface area contributed by atoms with E-state index in [2.05, 4.69) is 27.4 Å². The van der Waals surface area contributed by atoms with Crippen molar-refractivity contribution in [2.24, 2.45) is 0 Å². The smallest absolute Gasteiger partial charge is 0.253 e. The Balaban J connectivity index is 1.31. The second kappa shape index (κ2) is 7.94. The lowest BCUT2D eigenvalue weighted by Gasteiger charge is -2.32. The molecule has 0 atom stereocenters. The van der Waals surface area contributed by atoms with E-state index in [1.165, 1.54) is 24.8 Å². The van der Waals surface area contributed by atoms with Crippen LogP contribution in [0.2, 0.25) is 0 Å². The van der Waals surface area contributed by atoms with Gasteiger partial charge in [-0.25, -0.2) is 4.98 Å². The molecule has 2 aliphatic rings. The number of ether oxygens (including phenoxy) is 1. The van der Waals surface area contributed by atoms with Gasteiger partial charge < -0.3 is 15.0 Å². The molecule has 0 radical (unpaired) electrons. The summed E-state index contributed by atoms with van der Waals surface area (Å²) >= 11 is 0. The number of nitrogens with one attached hydrogen (secondary N) is 1. The number of nitrogens with zero attached hydrogens (tertiary/aromatic N) is 3. The lowest BCUT2D eigenvalue weighted by Crippen LogP contribution is -2.42. The highest BCUT2D eigenvalue weighted by Gasteiger charge is 2.25. The van der Waals surface area contributed by atoms with E-state index in [1.807, 2.05) is 17.0 Å². The Morgan fingerprint density at radius 2 is 1.85 bits per heavy atom. The summed E-state index contributed by atoms with van der Waals surface area (Å²) in [7, 11) is 1.59. The van der Waals surface area contributed by atoms with Crippen LogP contribution in [0.15, 0.2) is 36.5 Å². The van der Waals surface area contributed by atoms with Crippen molar-refractivity contribution < 1.29 is 9.53 Å². The number of aromatic nitrogens is 2. The summed E-state index contributed by atoms with van der Waals surface area (Å²) in [5.74, 6) is 1.96. The lowest BCUT2D eigenvalue weighted by molar-refractivity contribution is 0.0718. The van der Waals surface area contributed by atoms with Crippen LogP contribution in [-0.2, 0) is 0 Å². The van der Waals surface area contributed by atoms with E-state index < -0.39 is 0 Å². The number of rotatable bonds is 5. The molecule has 1 saturated carbocycles. The van der Waals surface area contributed by atoms with Gasteiger partial charge in [0.2, 0.25) is 11.8 Å². The minimum atomic E-state index is 0.131. The number of benzene rings is 1. The summed E-state index contributed by atoms with van der Waals surface area (Å²) in [4.78, 5) is 23.3. The van der Waals surface area contributed by atoms with Crippen LogP contribution in [-0.4, -0.2) is 47.0 Å². The number of methoxy groups -OCH3 is 1. The van der Waals surface area contributed by atoms with Crippen LogP contribution in [0, 0.1) is 0 Å². The maximum atomic E-state index is 12.8. The molecule has 1 aromatic carbocycles. The summed E-state index contributed by atoms with van der Waals surface area (Å²) in [5, 5.41) is 3.35. The molecule has 1 saturated heterocycles. The van der Waals surface area contributed by atoms with E-state index in [1.54, 1.807) is 19.4 Å². The third kappa shape index (κ3) is 4.04. The molecule has 1 aliphatic carbocycles. The molecule has 0 bridgehead atoms. The Morgan fingerprint density at radius 1 is 1.11 bits per heavy atom. The van der Waals surface area contributed by atoms with Crippen molar-refractivity contribution in [3.63, 3.8) is 0 Å². The van der Waals surface area contributed by atoms with E-state index in [9.17, 15) is 4.79 Å². The first-order chi connectivity index (χ1) is 13.2. The van der Waals surface area contributed by atoms with Gasteiger partial charge in [-0.2, -0.15) is 4.98 Å². The second-order valence-electron chi connectivity index (χ2n) is 7.38. The van der Waals surface area contributed by atoms with Gasteiger partial charge in [-0.05, 0) is 49.3 Å². The highest BCUT2D eigenvalue weighted by atomic mass is 16.5. The van der Waals surface area contributed by atoms with Gasteiger partial charge in [-0.15, -0.1) is 0 Å². The van der Waals surface area contributed by atoms with Gasteiger partial charge in [-0.3, -0.25) is 4.79 Å². The Hall–Kier alpha value is -2.63. The summed E-state index contributed by atoms with van der Waals surface area (Å²) in [6.07, 6.45) is 7.34. The number of likely N-dealkylation sites (tertiary alicyclic amines) is 1. The largest absolute Gasteiger partial charge is 0.481 e. The van der Waals surface area contributed by atoms with Crippen molar-refractivity contribution >= 4 is 11.9 Å². The molecule has 27 heavy (non-hydrogen) atoms. The highest BCUT2D eigenvalue weighted by molar-refractivity contribution is 5.94. The second-order valence-corrected chi connectivity index (χ2v) is 7.38. The number of amides is 1. The number of hydrogen-bond donors (Lipinski definition) is 1. The predicted octanol–water partition coefficient (Wildman–Crippen LogP) is 3.47. The average Bonchev–Trinajstić information content (AvgIpc) is 2.67. The Morgan fingerprint density at radius 3 is 2.48 bits per heavy atom. The zero-order valence-corrected chi connectivity index (χ0v) is 15.7. The molecule has 6 heteroatoms. The Labute approximate surface area is 160 Å². The van der Waals surface area contributed by atoms with Crippen molar-refractivity contribution in [2.45, 2.75) is 44.1 Å². The minimum Gasteiger partial charge on any atom is -0.481 e. The first-order valence-corrected chi connectivity index (χ1v) is 9.76. The molecule has 1 N–H and O–H groups in total. The third-order valence-corrected chi connectivity index (χ3v) is 5.69. The Kier molecular flexibility index (Phi) is 5.23. The minimum absolute atomic E-state index is 0.131. The fourth-order valence-corrected chi connectivity index (χ4v) is 3.76. The zero-order chi connectivity index (χ0) is 18.6. The van der Waals surface area contributed by atoms with Gasteiger partial charge in [0.25, 0.3) is 5.91 Å². The van der Waals surface area contributed by atoms with Crippen LogP contribution in [0.4, 0.5) is 5.95 Å². The topological polar surface area (TPSA) is 67.3 Å². The third-order valence-electron chi connectivity index (χ3n) is 5.69. The van der Waals surface area contributed by atoms with E-state index in [-0.39, 0.29) is 11.9 Å². The molecule has 1 aliphatic heterocycles. The number of carbonyl (C=O) groups excluding carboxylic acids is 1. The maximum Gasteiger partial charge on any atom is 0.253 e. The fourth-order valence-electron chi connectivity index (χ4n) is 3.76. The van der Waals surface area contributed by atoms with Crippen LogP contribution in [0.3, 0.4) is 0 Å². The number of piperidine rings is 1. The molecule has 2 fully saturated rings. The van der Waals surface area contributed by atoms with Gasteiger partial charge in [-0.1, -0.05) is 18.6 Å². The molecule has 0 unspecified atom stereocenters. The SMILES string of the molecule is COc1ccnc(NC2CCN(C(=O)c3ccc(C4CCC4)cc3)CC2)n1. The van der Waals surface area contributed by atoms with E-state index in [0.717, 1.165) is 31.5 Å². The number of hydrogen-bond acceptors (Lipinski definition) is 5. The number of carbonyl (C=O) groups is 1. The summed E-state index contributed by atoms with van der Waals surface area (Å²) < 4.78 is 5.13. The van der Waals surface area contributed by atoms with Crippen LogP contribution >= 0.6 is 0 Å². The lowest BCUT2D eigenvalue weighted by atomic mass is 9.80. The maximum absolute atomic E-state index is 12.8. The van der Waals surface area contributed by atoms with Gasteiger partial charge in [0, 0.05) is 37.0 Å². The summed E-state index contributed by atoms with van der Waals surface area (Å²) in [6, 6.07) is 10.2. The Bertz CT molecular complexity index is 781. The quantitative estimate of drug-likeness (QED) is 0.878. The van der Waals surface area contributed by atoms with Crippen LogP contribution in [0.1, 0.15) is 53.9 Å². The molecule has 4 rings (SSSR count). The molecule has 2 aromatic rings. The monoisotopic (exact) mass is 366 g/mol. The van der Waals surface area contributed by atoms with Gasteiger partial charge in [0.15, 0.2) is 0 Å². The van der Waals surface area contributed by atoms with E-state index in [4.69, 9.17) is 4.74 Å². The van der Waals surface area contributed by atoms with Crippen molar-refractivity contribution in [1.29, 1.82) is 0 Å². The molecular weight excluding hydrogens is 340 g/mol. The molecule has 1 aromatic heterocycles. The van der Waals surface area contributed by atoms with E-state index in [0.29, 0.717) is 17.7 Å².